The van der Waals surface area contributed by atoms with Crippen LogP contribution in [-0.4, -0.2) is 54.2 Å². The molecular formula is C21H7B5ClN3O. The molecule has 0 amide bonds. The van der Waals surface area contributed by atoms with Crippen molar-refractivity contribution in [1.82, 2.24) is 15.0 Å². The summed E-state index contributed by atoms with van der Waals surface area (Å²) in [5.74, 6) is 0.452. The Labute approximate surface area is 189 Å². The van der Waals surface area contributed by atoms with E-state index in [1.54, 1.807) is 0 Å². The van der Waals surface area contributed by atoms with Gasteiger partial charge in [0.2, 0.25) is 5.28 Å². The Morgan fingerprint density at radius 2 is 1.26 bits per heavy atom. The topological polar surface area (TPSA) is 51.8 Å². The molecule has 5 rings (SSSR count). The lowest BCUT2D eigenvalue weighted by Crippen LogP contribution is -2.55. The van der Waals surface area contributed by atoms with E-state index in [2.05, 4.69) is 15.0 Å². The van der Waals surface area contributed by atoms with Gasteiger partial charge in [-0.25, -0.2) is 4.98 Å². The molecule has 0 aliphatic rings. The van der Waals surface area contributed by atoms with E-state index < -0.39 is 0 Å². The quantitative estimate of drug-likeness (QED) is 0.379. The molecule has 0 fully saturated rings. The van der Waals surface area contributed by atoms with Gasteiger partial charge in [0.1, 0.15) is 50.4 Å². The third-order valence-corrected chi connectivity index (χ3v) is 5.34. The standard InChI is InChI=1S/C21H7B5ClN3O/c22-14-13(15(23)17(25)18(26)16(14)24)20-28-19(29-21(27)30-20)9-5-3-7-11-12(9)8-4-1-2-6-10(8)31-11/h1-7H. The Morgan fingerprint density at radius 3 is 2.00 bits per heavy atom. The third-order valence-electron chi connectivity index (χ3n) is 5.17. The molecule has 10 heteroatoms. The van der Waals surface area contributed by atoms with Gasteiger partial charge in [0.15, 0.2) is 11.6 Å². The number of hydrogen-bond acceptors (Lipinski definition) is 4. The Morgan fingerprint density at radius 1 is 0.645 bits per heavy atom. The molecule has 0 aliphatic carbocycles. The number of benzene rings is 3. The van der Waals surface area contributed by atoms with Crippen molar-refractivity contribution in [3.63, 3.8) is 0 Å². The van der Waals surface area contributed by atoms with E-state index in [1.165, 1.54) is 0 Å². The summed E-state index contributed by atoms with van der Waals surface area (Å²) in [7, 11) is 30.2. The fourth-order valence-electron chi connectivity index (χ4n) is 3.63. The maximum absolute atomic E-state index is 6.25. The van der Waals surface area contributed by atoms with Crippen molar-refractivity contribution in [2.24, 2.45) is 0 Å². The van der Waals surface area contributed by atoms with Gasteiger partial charge in [-0.1, -0.05) is 41.3 Å². The molecule has 2 aromatic heterocycles. The summed E-state index contributed by atoms with van der Waals surface area (Å²) in [5.41, 5.74) is 2.93. The minimum atomic E-state index is -0.0439. The third kappa shape index (κ3) is 3.11. The number of nitrogens with zero attached hydrogens (tertiary/aromatic N) is 3. The second kappa shape index (κ2) is 7.35. The molecule has 134 valence electrons. The van der Waals surface area contributed by atoms with Crippen LogP contribution in [-0.2, 0) is 0 Å². The van der Waals surface area contributed by atoms with Crippen LogP contribution >= 0.6 is 11.6 Å². The normalized spacial score (nSPS) is 11.4. The zero-order valence-electron chi connectivity index (χ0n) is 16.1. The molecule has 0 atom stereocenters. The van der Waals surface area contributed by atoms with Crippen molar-refractivity contribution < 1.29 is 4.42 Å². The molecule has 4 nitrogen and oxygen atoms in total. The number of fused-ring (bicyclic) bond motifs is 3. The molecule has 0 saturated carbocycles. The zero-order chi connectivity index (χ0) is 21.9. The Kier molecular flexibility index (Phi) is 4.74. The first-order valence-electron chi connectivity index (χ1n) is 9.20. The molecule has 0 spiro atoms. The minimum Gasteiger partial charge on any atom is -0.456 e. The first kappa shape index (κ1) is 20.0. The summed E-state index contributed by atoms with van der Waals surface area (Å²) in [4.78, 5) is 13.1. The fourth-order valence-corrected chi connectivity index (χ4v) is 3.79. The smallest absolute Gasteiger partial charge is 0.226 e. The van der Waals surface area contributed by atoms with E-state index in [-0.39, 0.29) is 44.0 Å². The fraction of sp³-hybridized carbons (Fsp3) is 0. The van der Waals surface area contributed by atoms with Crippen LogP contribution in [0.5, 0.6) is 0 Å². The highest BCUT2D eigenvalue weighted by Crippen LogP contribution is 2.35. The summed E-state index contributed by atoms with van der Waals surface area (Å²) < 4.78 is 5.95. The van der Waals surface area contributed by atoms with Gasteiger partial charge >= 0.3 is 0 Å². The average Bonchev–Trinajstić information content (AvgIpc) is 3.15. The molecule has 10 radical (unpaired) electrons. The van der Waals surface area contributed by atoms with Gasteiger partial charge in [-0.05, 0) is 23.7 Å². The van der Waals surface area contributed by atoms with Gasteiger partial charge in [-0.15, -0.1) is 16.4 Å². The summed E-state index contributed by atoms with van der Waals surface area (Å²) in [6.07, 6.45) is 0. The van der Waals surface area contributed by atoms with Gasteiger partial charge < -0.3 is 4.42 Å². The lowest BCUT2D eigenvalue weighted by molar-refractivity contribution is 0.669. The molecule has 5 aromatic rings. The predicted octanol–water partition coefficient (Wildman–Crippen LogP) is -0.273. The molecule has 0 aliphatic heterocycles. The van der Waals surface area contributed by atoms with Crippen molar-refractivity contribution in [3.8, 4) is 22.8 Å². The maximum Gasteiger partial charge on any atom is 0.226 e. The van der Waals surface area contributed by atoms with Gasteiger partial charge in [0.25, 0.3) is 0 Å². The highest BCUT2D eigenvalue weighted by Gasteiger charge is 2.19. The van der Waals surface area contributed by atoms with E-state index in [0.717, 1.165) is 16.4 Å². The zero-order valence-corrected chi connectivity index (χ0v) is 16.8. The van der Waals surface area contributed by atoms with Crippen LogP contribution in [0.25, 0.3) is 44.7 Å². The van der Waals surface area contributed by atoms with Gasteiger partial charge in [0.05, 0.1) is 0 Å². The summed E-state index contributed by atoms with van der Waals surface area (Å²) in [5, 5.41) is 1.73. The van der Waals surface area contributed by atoms with E-state index in [0.29, 0.717) is 17.0 Å². The molecule has 0 unspecified atom stereocenters. The van der Waals surface area contributed by atoms with Crippen LogP contribution in [0.15, 0.2) is 46.9 Å². The Hall–Kier alpha value is -2.92. The molecule has 0 bridgehead atoms. The predicted molar refractivity (Wildman–Crippen MR) is 130 cm³/mol. The average molecular weight is 407 g/mol. The minimum absolute atomic E-state index is 0.0439. The molecule has 0 saturated heterocycles. The van der Waals surface area contributed by atoms with Crippen molar-refractivity contribution in [2.75, 3.05) is 0 Å². The number of aromatic nitrogens is 3. The van der Waals surface area contributed by atoms with Crippen LogP contribution in [0.3, 0.4) is 0 Å². The number of para-hydroxylation sites is 1. The van der Waals surface area contributed by atoms with Crippen LogP contribution < -0.4 is 27.3 Å². The second-order valence-corrected chi connectivity index (χ2v) is 7.31. The number of halogens is 1. The number of furan rings is 1. The monoisotopic (exact) mass is 407 g/mol. The van der Waals surface area contributed by atoms with Crippen molar-refractivity contribution in [2.45, 2.75) is 0 Å². The number of rotatable bonds is 2. The lowest BCUT2D eigenvalue weighted by Gasteiger charge is -2.20. The summed E-state index contributed by atoms with van der Waals surface area (Å²) >= 11 is 6.25. The Bertz CT molecular complexity index is 1490. The van der Waals surface area contributed by atoms with Crippen LogP contribution in [0, 0.1) is 0 Å². The van der Waals surface area contributed by atoms with Crippen LogP contribution in [0.2, 0.25) is 5.28 Å². The van der Waals surface area contributed by atoms with Crippen LogP contribution in [0.1, 0.15) is 0 Å². The number of hydrogen-bond donors (Lipinski definition) is 0. The SMILES string of the molecule is [B]c1c([B])c([B])c(-c2nc(Cl)nc(-c3cccc4oc5ccccc5c34)n2)c([B])c1[B]. The van der Waals surface area contributed by atoms with Crippen LogP contribution in [0.4, 0.5) is 0 Å². The highest BCUT2D eigenvalue weighted by molar-refractivity contribution is 6.68. The molecule has 31 heavy (non-hydrogen) atoms. The highest BCUT2D eigenvalue weighted by atomic mass is 35.5. The lowest BCUT2D eigenvalue weighted by atomic mass is 9.60. The van der Waals surface area contributed by atoms with Gasteiger partial charge in [-0.3, -0.25) is 0 Å². The first-order valence-corrected chi connectivity index (χ1v) is 9.58. The largest absolute Gasteiger partial charge is 0.456 e. The maximum atomic E-state index is 6.25. The van der Waals surface area contributed by atoms with Gasteiger partial charge in [-0.2, -0.15) is 9.97 Å². The second-order valence-electron chi connectivity index (χ2n) is 6.97. The molecule has 3 aromatic carbocycles. The summed E-state index contributed by atoms with van der Waals surface area (Å²) in [6, 6.07) is 13.3. The van der Waals surface area contributed by atoms with E-state index >= 15 is 0 Å². The van der Waals surface area contributed by atoms with Crippen molar-refractivity contribution in [1.29, 1.82) is 0 Å². The molecule has 2 heterocycles. The first-order chi connectivity index (χ1) is 14.9. The van der Waals surface area contributed by atoms with Crippen molar-refractivity contribution >= 4 is 100 Å². The Balaban J connectivity index is 1.81. The van der Waals surface area contributed by atoms with E-state index in [1.807, 2.05) is 42.5 Å². The van der Waals surface area contributed by atoms with E-state index in [4.69, 9.17) is 55.2 Å². The molecule has 0 N–H and O–H groups in total. The van der Waals surface area contributed by atoms with Gasteiger partial charge in [0, 0.05) is 21.9 Å². The van der Waals surface area contributed by atoms with E-state index in [9.17, 15) is 0 Å². The van der Waals surface area contributed by atoms with Crippen molar-refractivity contribution in [3.05, 3.63) is 47.7 Å². The molecular weight excluding hydrogens is 400 g/mol. The summed E-state index contributed by atoms with van der Waals surface area (Å²) in [6.45, 7) is 0.